The van der Waals surface area contributed by atoms with Crippen LogP contribution in [0.2, 0.25) is 0 Å². The maximum atomic E-state index is 13.2. The van der Waals surface area contributed by atoms with Crippen molar-refractivity contribution < 1.29 is 9.53 Å². The Morgan fingerprint density at radius 1 is 1.22 bits per heavy atom. The maximum absolute atomic E-state index is 13.2. The standard InChI is InChI=1S/C19H19N5O2S/c1-2-13-16(27-18(23-13)17-21-8-5-9-22-17)19(25)24-10-11-26-15(12-24)14-6-3-4-7-20-14/h3-9,15H,2,10-12H2,1H3. The number of amides is 1. The molecule has 1 aliphatic rings. The van der Waals surface area contributed by atoms with Gasteiger partial charge in [-0.25, -0.2) is 15.0 Å². The fourth-order valence-corrected chi connectivity index (χ4v) is 4.06. The highest BCUT2D eigenvalue weighted by atomic mass is 32.1. The number of carbonyl (C=O) groups excluding carboxylic acids is 1. The molecule has 4 rings (SSSR count). The van der Waals surface area contributed by atoms with Gasteiger partial charge in [-0.2, -0.15) is 0 Å². The minimum Gasteiger partial charge on any atom is -0.368 e. The van der Waals surface area contributed by atoms with E-state index in [2.05, 4.69) is 19.9 Å². The van der Waals surface area contributed by atoms with Crippen LogP contribution in [0.4, 0.5) is 0 Å². The van der Waals surface area contributed by atoms with Crippen LogP contribution in [0.15, 0.2) is 42.9 Å². The van der Waals surface area contributed by atoms with Gasteiger partial charge >= 0.3 is 0 Å². The highest BCUT2D eigenvalue weighted by molar-refractivity contribution is 7.17. The third-order valence-corrected chi connectivity index (χ3v) is 5.44. The van der Waals surface area contributed by atoms with Crippen LogP contribution in [0.25, 0.3) is 10.8 Å². The zero-order valence-electron chi connectivity index (χ0n) is 14.9. The van der Waals surface area contributed by atoms with E-state index in [4.69, 9.17) is 4.74 Å². The van der Waals surface area contributed by atoms with Crippen molar-refractivity contribution in [2.24, 2.45) is 0 Å². The van der Waals surface area contributed by atoms with E-state index in [1.165, 1.54) is 11.3 Å². The lowest BCUT2D eigenvalue weighted by Crippen LogP contribution is -2.42. The molecule has 27 heavy (non-hydrogen) atoms. The summed E-state index contributed by atoms with van der Waals surface area (Å²) in [5.74, 6) is 0.528. The molecule has 0 radical (unpaired) electrons. The summed E-state index contributed by atoms with van der Waals surface area (Å²) in [6.45, 7) is 3.52. The van der Waals surface area contributed by atoms with Crippen molar-refractivity contribution in [2.45, 2.75) is 19.4 Å². The topological polar surface area (TPSA) is 81.1 Å². The summed E-state index contributed by atoms with van der Waals surface area (Å²) in [6, 6.07) is 7.48. The van der Waals surface area contributed by atoms with Crippen LogP contribution >= 0.6 is 11.3 Å². The first kappa shape index (κ1) is 17.7. The van der Waals surface area contributed by atoms with Crippen LogP contribution in [0.3, 0.4) is 0 Å². The second-order valence-corrected chi connectivity index (χ2v) is 7.09. The van der Waals surface area contributed by atoms with Crippen molar-refractivity contribution >= 4 is 17.2 Å². The lowest BCUT2D eigenvalue weighted by atomic mass is 10.1. The van der Waals surface area contributed by atoms with Crippen LogP contribution in [-0.2, 0) is 11.2 Å². The summed E-state index contributed by atoms with van der Waals surface area (Å²) in [4.78, 5) is 33.1. The molecule has 3 aromatic rings. The smallest absolute Gasteiger partial charge is 0.266 e. The number of aromatic nitrogens is 4. The van der Waals surface area contributed by atoms with Gasteiger partial charge in [0.2, 0.25) is 0 Å². The van der Waals surface area contributed by atoms with Crippen LogP contribution < -0.4 is 0 Å². The molecule has 0 saturated carbocycles. The number of carbonyl (C=O) groups is 1. The van der Waals surface area contributed by atoms with Crippen LogP contribution in [-0.4, -0.2) is 50.4 Å². The summed E-state index contributed by atoms with van der Waals surface area (Å²) < 4.78 is 5.82. The molecule has 1 fully saturated rings. The van der Waals surface area contributed by atoms with Crippen LogP contribution in [0, 0.1) is 0 Å². The molecule has 0 aliphatic carbocycles. The number of hydrogen-bond donors (Lipinski definition) is 0. The van der Waals surface area contributed by atoms with E-state index in [1.54, 1.807) is 24.7 Å². The summed E-state index contributed by atoms with van der Waals surface area (Å²) >= 11 is 1.35. The Morgan fingerprint density at radius 3 is 2.78 bits per heavy atom. The molecule has 0 bridgehead atoms. The summed E-state index contributed by atoms with van der Waals surface area (Å²) in [7, 11) is 0. The first-order valence-corrected chi connectivity index (χ1v) is 9.66. The Balaban J connectivity index is 1.58. The Kier molecular flexibility index (Phi) is 5.17. The molecule has 0 N–H and O–H groups in total. The second kappa shape index (κ2) is 7.89. The van der Waals surface area contributed by atoms with Crippen molar-refractivity contribution in [1.82, 2.24) is 24.8 Å². The van der Waals surface area contributed by atoms with Gasteiger partial charge in [-0.15, -0.1) is 11.3 Å². The van der Waals surface area contributed by atoms with E-state index in [1.807, 2.05) is 30.0 Å². The van der Waals surface area contributed by atoms with E-state index >= 15 is 0 Å². The minimum atomic E-state index is -0.209. The highest BCUT2D eigenvalue weighted by Gasteiger charge is 2.29. The SMILES string of the molecule is CCc1nc(-c2ncccn2)sc1C(=O)N1CCOC(c2ccccn2)C1. The van der Waals surface area contributed by atoms with E-state index < -0.39 is 0 Å². The van der Waals surface area contributed by atoms with Gasteiger partial charge in [-0.1, -0.05) is 13.0 Å². The molecule has 1 atom stereocenters. The van der Waals surface area contributed by atoms with E-state index in [0.29, 0.717) is 41.8 Å². The molecule has 8 heteroatoms. The first-order chi connectivity index (χ1) is 13.3. The largest absolute Gasteiger partial charge is 0.368 e. The molecule has 7 nitrogen and oxygen atoms in total. The minimum absolute atomic E-state index is 0.0178. The molecule has 1 saturated heterocycles. The van der Waals surface area contributed by atoms with E-state index in [9.17, 15) is 4.79 Å². The molecular weight excluding hydrogens is 362 g/mol. The zero-order valence-corrected chi connectivity index (χ0v) is 15.7. The zero-order chi connectivity index (χ0) is 18.6. The predicted molar refractivity (Wildman–Crippen MR) is 101 cm³/mol. The van der Waals surface area contributed by atoms with E-state index in [0.717, 1.165) is 11.4 Å². The fraction of sp³-hybridized carbons (Fsp3) is 0.316. The van der Waals surface area contributed by atoms with Gasteiger partial charge in [0.05, 0.1) is 24.5 Å². The molecule has 1 aliphatic heterocycles. The average molecular weight is 381 g/mol. The monoisotopic (exact) mass is 381 g/mol. The summed E-state index contributed by atoms with van der Waals surface area (Å²) in [6.07, 6.45) is 5.56. The van der Waals surface area contributed by atoms with Gasteiger partial charge in [0, 0.05) is 25.1 Å². The van der Waals surface area contributed by atoms with Gasteiger partial charge in [-0.3, -0.25) is 9.78 Å². The molecule has 1 amide bonds. The molecule has 138 valence electrons. The Hall–Kier alpha value is -2.71. The van der Waals surface area contributed by atoms with Gasteiger partial charge in [0.1, 0.15) is 11.0 Å². The van der Waals surface area contributed by atoms with Crippen LogP contribution in [0.5, 0.6) is 0 Å². The maximum Gasteiger partial charge on any atom is 0.266 e. The van der Waals surface area contributed by atoms with Gasteiger partial charge in [0.15, 0.2) is 10.8 Å². The number of thiazole rings is 1. The van der Waals surface area contributed by atoms with Crippen LogP contribution in [0.1, 0.15) is 34.1 Å². The third kappa shape index (κ3) is 3.72. The highest BCUT2D eigenvalue weighted by Crippen LogP contribution is 2.29. The molecule has 1 unspecified atom stereocenters. The van der Waals surface area contributed by atoms with E-state index in [-0.39, 0.29) is 12.0 Å². The number of rotatable bonds is 4. The number of aryl methyl sites for hydroxylation is 1. The number of pyridine rings is 1. The third-order valence-electron chi connectivity index (χ3n) is 4.35. The van der Waals surface area contributed by atoms with Crippen molar-refractivity contribution in [3.8, 4) is 10.8 Å². The quantitative estimate of drug-likeness (QED) is 0.691. The summed E-state index contributed by atoms with van der Waals surface area (Å²) in [5.41, 5.74) is 1.63. The Labute approximate surface area is 161 Å². The van der Waals surface area contributed by atoms with Gasteiger partial charge < -0.3 is 9.64 Å². The van der Waals surface area contributed by atoms with Crippen molar-refractivity contribution in [3.05, 3.63) is 59.1 Å². The summed E-state index contributed by atoms with van der Waals surface area (Å²) in [5, 5.41) is 0.672. The predicted octanol–water partition coefficient (Wildman–Crippen LogP) is 2.77. The Morgan fingerprint density at radius 2 is 2.04 bits per heavy atom. The fourth-order valence-electron chi connectivity index (χ4n) is 2.99. The second-order valence-electron chi connectivity index (χ2n) is 6.09. The molecule has 0 aromatic carbocycles. The molecular formula is C19H19N5O2S. The number of ether oxygens (including phenoxy) is 1. The number of hydrogen-bond acceptors (Lipinski definition) is 7. The molecule has 0 spiro atoms. The lowest BCUT2D eigenvalue weighted by molar-refractivity contribution is -0.0246. The number of nitrogens with zero attached hydrogens (tertiary/aromatic N) is 5. The van der Waals surface area contributed by atoms with Crippen molar-refractivity contribution in [2.75, 3.05) is 19.7 Å². The van der Waals surface area contributed by atoms with Crippen molar-refractivity contribution in [3.63, 3.8) is 0 Å². The molecule has 4 heterocycles. The molecule has 3 aromatic heterocycles. The first-order valence-electron chi connectivity index (χ1n) is 8.85. The average Bonchev–Trinajstić information content (AvgIpc) is 3.19. The normalized spacial score (nSPS) is 17.1. The van der Waals surface area contributed by atoms with Gasteiger partial charge in [0.25, 0.3) is 5.91 Å². The van der Waals surface area contributed by atoms with Crippen molar-refractivity contribution in [1.29, 1.82) is 0 Å². The lowest BCUT2D eigenvalue weighted by Gasteiger charge is -2.32. The van der Waals surface area contributed by atoms with Gasteiger partial charge in [-0.05, 0) is 24.6 Å². The number of morpholine rings is 1. The Bertz CT molecular complexity index is 916.